The molecule has 0 aromatic heterocycles. The molecule has 2 aromatic rings. The highest BCUT2D eigenvalue weighted by Gasteiger charge is 2.24. The van der Waals surface area contributed by atoms with Gasteiger partial charge in [0.1, 0.15) is 11.5 Å². The van der Waals surface area contributed by atoms with Crippen molar-refractivity contribution in [1.82, 2.24) is 0 Å². The smallest absolute Gasteiger partial charge is 0.363 e. The van der Waals surface area contributed by atoms with Crippen LogP contribution in [0, 0.1) is 0 Å². The lowest BCUT2D eigenvalue weighted by Crippen LogP contribution is -2.05. The molecule has 5 nitrogen and oxygen atoms in total. The van der Waals surface area contributed by atoms with Gasteiger partial charge in [0.05, 0.1) is 14.2 Å². The monoisotopic (exact) mass is 387 g/mol. The number of hydrogen-bond donors (Lipinski definition) is 0. The molecule has 1 heterocycles. The van der Waals surface area contributed by atoms with Crippen LogP contribution in [0.1, 0.15) is 11.1 Å². The molecule has 1 aliphatic heterocycles. The molecule has 3 rings (SSSR count). The minimum Gasteiger partial charge on any atom is -0.497 e. The lowest BCUT2D eigenvalue weighted by molar-refractivity contribution is -0.129. The SMILES string of the molecule is COc1ccc(/C=C2\N=C(c3ccc(Br)cc3)OC2=O)c(OC)c1. The summed E-state index contributed by atoms with van der Waals surface area (Å²) in [4.78, 5) is 16.4. The van der Waals surface area contributed by atoms with Gasteiger partial charge >= 0.3 is 5.97 Å². The quantitative estimate of drug-likeness (QED) is 0.591. The first-order valence-corrected chi connectivity index (χ1v) is 7.90. The third-order valence-electron chi connectivity index (χ3n) is 3.44. The molecule has 6 heteroatoms. The minimum absolute atomic E-state index is 0.219. The third kappa shape index (κ3) is 3.33. The molecule has 0 N–H and O–H groups in total. The third-order valence-corrected chi connectivity index (χ3v) is 3.97. The van der Waals surface area contributed by atoms with E-state index in [0.717, 1.165) is 10.0 Å². The van der Waals surface area contributed by atoms with E-state index in [1.54, 1.807) is 38.5 Å². The normalized spacial score (nSPS) is 15.2. The maximum absolute atomic E-state index is 12.1. The number of cyclic esters (lactones) is 1. The summed E-state index contributed by atoms with van der Waals surface area (Å²) < 4.78 is 16.7. The summed E-state index contributed by atoms with van der Waals surface area (Å²) in [5.41, 5.74) is 1.67. The van der Waals surface area contributed by atoms with E-state index < -0.39 is 5.97 Å². The maximum atomic E-state index is 12.1. The van der Waals surface area contributed by atoms with Crippen LogP contribution in [-0.2, 0) is 9.53 Å². The molecule has 0 saturated carbocycles. The molecule has 0 amide bonds. The lowest BCUT2D eigenvalue weighted by Gasteiger charge is -2.07. The summed E-state index contributed by atoms with van der Waals surface area (Å²) in [5.74, 6) is 1.04. The molecule has 0 saturated heterocycles. The second-order valence-corrected chi connectivity index (χ2v) is 5.87. The Balaban J connectivity index is 1.95. The fraction of sp³-hybridized carbons (Fsp3) is 0.111. The van der Waals surface area contributed by atoms with Gasteiger partial charge in [-0.3, -0.25) is 0 Å². The molecule has 0 unspecified atom stereocenters. The Hall–Kier alpha value is -2.60. The van der Waals surface area contributed by atoms with Crippen LogP contribution in [-0.4, -0.2) is 26.1 Å². The van der Waals surface area contributed by atoms with Gasteiger partial charge in [0.2, 0.25) is 5.90 Å². The predicted octanol–water partition coefficient (Wildman–Crippen LogP) is 3.81. The van der Waals surface area contributed by atoms with Gasteiger partial charge in [0, 0.05) is 21.7 Å². The number of halogens is 1. The first-order chi connectivity index (χ1) is 11.6. The number of rotatable bonds is 4. The Bertz CT molecular complexity index is 841. The summed E-state index contributed by atoms with van der Waals surface area (Å²) in [6.07, 6.45) is 1.63. The Morgan fingerprint density at radius 2 is 1.83 bits per heavy atom. The second-order valence-electron chi connectivity index (χ2n) is 4.95. The van der Waals surface area contributed by atoms with Crippen molar-refractivity contribution < 1.29 is 19.0 Å². The molecule has 0 bridgehead atoms. The van der Waals surface area contributed by atoms with Crippen molar-refractivity contribution in [2.75, 3.05) is 14.2 Å². The zero-order chi connectivity index (χ0) is 17.1. The van der Waals surface area contributed by atoms with Crippen molar-refractivity contribution in [1.29, 1.82) is 0 Å². The van der Waals surface area contributed by atoms with Crippen LogP contribution in [0.3, 0.4) is 0 Å². The fourth-order valence-corrected chi connectivity index (χ4v) is 2.47. The number of aliphatic imine (C=N–C) groups is 1. The highest BCUT2D eigenvalue weighted by Crippen LogP contribution is 2.28. The number of carbonyl (C=O) groups excluding carboxylic acids is 1. The van der Waals surface area contributed by atoms with Gasteiger partial charge in [0.15, 0.2) is 5.70 Å². The van der Waals surface area contributed by atoms with E-state index in [0.29, 0.717) is 17.1 Å². The van der Waals surface area contributed by atoms with Crippen LogP contribution in [0.15, 0.2) is 57.6 Å². The zero-order valence-corrected chi connectivity index (χ0v) is 14.7. The highest BCUT2D eigenvalue weighted by atomic mass is 79.9. The summed E-state index contributed by atoms with van der Waals surface area (Å²) in [7, 11) is 3.14. The van der Waals surface area contributed by atoms with Crippen molar-refractivity contribution in [3.05, 3.63) is 63.8 Å². The lowest BCUT2D eigenvalue weighted by atomic mass is 10.1. The van der Waals surface area contributed by atoms with Crippen molar-refractivity contribution in [3.8, 4) is 11.5 Å². The summed E-state index contributed by atoms with van der Waals surface area (Å²) in [6.45, 7) is 0. The topological polar surface area (TPSA) is 57.1 Å². The fourth-order valence-electron chi connectivity index (χ4n) is 2.21. The van der Waals surface area contributed by atoms with E-state index >= 15 is 0 Å². The van der Waals surface area contributed by atoms with Gasteiger partial charge in [-0.25, -0.2) is 9.79 Å². The largest absolute Gasteiger partial charge is 0.497 e. The molecule has 0 atom stereocenters. The molecular formula is C18H14BrNO4. The first-order valence-electron chi connectivity index (χ1n) is 7.11. The van der Waals surface area contributed by atoms with Crippen LogP contribution >= 0.6 is 15.9 Å². The minimum atomic E-state index is -0.495. The number of hydrogen-bond acceptors (Lipinski definition) is 5. The molecule has 2 aromatic carbocycles. The number of esters is 1. The summed E-state index contributed by atoms with van der Waals surface area (Å²) in [6, 6.07) is 12.7. The molecule has 0 aliphatic carbocycles. The van der Waals surface area contributed by atoms with E-state index in [1.165, 1.54) is 0 Å². The van der Waals surface area contributed by atoms with E-state index in [1.807, 2.05) is 24.3 Å². The summed E-state index contributed by atoms with van der Waals surface area (Å²) >= 11 is 3.37. The number of nitrogens with zero attached hydrogens (tertiary/aromatic N) is 1. The molecule has 122 valence electrons. The van der Waals surface area contributed by atoms with Crippen molar-refractivity contribution in [2.45, 2.75) is 0 Å². The Morgan fingerprint density at radius 3 is 2.50 bits per heavy atom. The van der Waals surface area contributed by atoms with E-state index in [2.05, 4.69) is 20.9 Å². The predicted molar refractivity (Wildman–Crippen MR) is 94.3 cm³/mol. The highest BCUT2D eigenvalue weighted by molar-refractivity contribution is 9.10. The van der Waals surface area contributed by atoms with E-state index in [9.17, 15) is 4.79 Å². The van der Waals surface area contributed by atoms with Crippen LogP contribution in [0.2, 0.25) is 0 Å². The Labute approximate surface area is 147 Å². The van der Waals surface area contributed by atoms with Crippen LogP contribution in [0.25, 0.3) is 6.08 Å². The van der Waals surface area contributed by atoms with Crippen LogP contribution in [0.4, 0.5) is 0 Å². The standard InChI is InChI=1S/C18H14BrNO4/c1-22-14-8-5-12(16(10-14)23-2)9-15-18(21)24-17(20-15)11-3-6-13(19)7-4-11/h3-10H,1-2H3/b15-9-. The van der Waals surface area contributed by atoms with Gasteiger partial charge in [-0.05, 0) is 42.5 Å². The average molecular weight is 388 g/mol. The molecule has 1 aliphatic rings. The Kier molecular flexibility index (Phi) is 4.66. The van der Waals surface area contributed by atoms with Crippen LogP contribution < -0.4 is 9.47 Å². The average Bonchev–Trinajstić information content (AvgIpc) is 2.96. The number of carbonyl (C=O) groups is 1. The number of ether oxygens (including phenoxy) is 3. The van der Waals surface area contributed by atoms with E-state index in [4.69, 9.17) is 14.2 Å². The zero-order valence-electron chi connectivity index (χ0n) is 13.1. The van der Waals surface area contributed by atoms with Gasteiger partial charge in [-0.2, -0.15) is 0 Å². The van der Waals surface area contributed by atoms with Gasteiger partial charge in [-0.1, -0.05) is 15.9 Å². The van der Waals surface area contributed by atoms with Crippen molar-refractivity contribution >= 4 is 33.9 Å². The Morgan fingerprint density at radius 1 is 1.08 bits per heavy atom. The summed E-state index contributed by atoms with van der Waals surface area (Å²) in [5, 5.41) is 0. The van der Waals surface area contributed by atoms with E-state index in [-0.39, 0.29) is 11.6 Å². The van der Waals surface area contributed by atoms with Gasteiger partial charge in [0.25, 0.3) is 0 Å². The number of methoxy groups -OCH3 is 2. The molecule has 0 spiro atoms. The maximum Gasteiger partial charge on any atom is 0.363 e. The number of benzene rings is 2. The van der Waals surface area contributed by atoms with Crippen molar-refractivity contribution in [3.63, 3.8) is 0 Å². The van der Waals surface area contributed by atoms with Crippen LogP contribution in [0.5, 0.6) is 11.5 Å². The first kappa shape index (κ1) is 16.3. The molecule has 24 heavy (non-hydrogen) atoms. The molecule has 0 radical (unpaired) electrons. The van der Waals surface area contributed by atoms with Crippen molar-refractivity contribution in [2.24, 2.45) is 4.99 Å². The van der Waals surface area contributed by atoms with Gasteiger partial charge < -0.3 is 14.2 Å². The molecular weight excluding hydrogens is 374 g/mol. The van der Waals surface area contributed by atoms with Gasteiger partial charge in [-0.15, -0.1) is 0 Å². The molecule has 0 fully saturated rings. The second kappa shape index (κ2) is 6.88.